The summed E-state index contributed by atoms with van der Waals surface area (Å²) in [4.78, 5) is 35.7. The van der Waals surface area contributed by atoms with Gasteiger partial charge >= 0.3 is 6.09 Å². The van der Waals surface area contributed by atoms with Crippen molar-refractivity contribution in [1.29, 1.82) is 0 Å². The Bertz CT molecular complexity index is 1610. The lowest BCUT2D eigenvalue weighted by Crippen LogP contribution is -2.42. The molecule has 0 bridgehead atoms. The van der Waals surface area contributed by atoms with Gasteiger partial charge in [-0.3, -0.25) is 4.79 Å². The average molecular weight is 560 g/mol. The number of hydrogen-bond acceptors (Lipinski definition) is 6. The molecule has 41 heavy (non-hydrogen) atoms. The molecule has 11 heteroatoms. The summed E-state index contributed by atoms with van der Waals surface area (Å²) < 4.78 is 23.5. The Morgan fingerprint density at radius 3 is 2.34 bits per heavy atom. The molecule has 1 aliphatic heterocycles. The van der Waals surface area contributed by atoms with Gasteiger partial charge in [0.1, 0.15) is 22.9 Å². The van der Waals surface area contributed by atoms with E-state index in [1.165, 1.54) is 19.1 Å². The van der Waals surface area contributed by atoms with Crippen molar-refractivity contribution < 1.29 is 18.7 Å². The maximum atomic E-state index is 13.9. The Balaban J connectivity index is 1.43. The fourth-order valence-electron chi connectivity index (χ4n) is 5.38. The fraction of sp³-hybridized carbons (Fsp3) is 0.433. The summed E-state index contributed by atoms with van der Waals surface area (Å²) in [6.45, 7) is 8.19. The van der Waals surface area contributed by atoms with Crippen LogP contribution in [0, 0.1) is 5.82 Å². The van der Waals surface area contributed by atoms with E-state index in [0.29, 0.717) is 36.2 Å². The molecule has 6 rings (SSSR count). The number of amides is 2. The molecule has 3 aromatic heterocycles. The molecule has 4 heterocycles. The first-order valence-corrected chi connectivity index (χ1v) is 14.1. The number of ether oxygens (including phenoxy) is 1. The number of rotatable bonds is 5. The van der Waals surface area contributed by atoms with Gasteiger partial charge in [-0.1, -0.05) is 0 Å². The minimum absolute atomic E-state index is 0.0937. The van der Waals surface area contributed by atoms with Gasteiger partial charge in [-0.25, -0.2) is 23.7 Å². The van der Waals surface area contributed by atoms with Crippen molar-refractivity contribution >= 4 is 23.5 Å². The van der Waals surface area contributed by atoms with Gasteiger partial charge in [0.05, 0.1) is 17.6 Å². The van der Waals surface area contributed by atoms with Crippen molar-refractivity contribution in [3.05, 3.63) is 54.2 Å². The summed E-state index contributed by atoms with van der Waals surface area (Å²) in [6, 6.07) is 10.3. The van der Waals surface area contributed by atoms with Crippen LogP contribution < -0.4 is 5.32 Å². The van der Waals surface area contributed by atoms with Gasteiger partial charge in [0.15, 0.2) is 11.5 Å². The van der Waals surface area contributed by atoms with E-state index in [0.717, 1.165) is 48.5 Å². The van der Waals surface area contributed by atoms with Gasteiger partial charge in [0, 0.05) is 37.5 Å². The van der Waals surface area contributed by atoms with E-state index in [2.05, 4.69) is 14.9 Å². The first-order valence-electron chi connectivity index (χ1n) is 14.1. The predicted molar refractivity (Wildman–Crippen MR) is 152 cm³/mol. The normalized spacial score (nSPS) is 16.3. The number of piperidine rings is 1. The van der Waals surface area contributed by atoms with E-state index in [1.54, 1.807) is 27.7 Å². The van der Waals surface area contributed by atoms with Gasteiger partial charge in [-0.2, -0.15) is 5.10 Å². The number of carbonyl (C=O) groups is 2. The molecule has 2 amide bonds. The highest BCUT2D eigenvalue weighted by molar-refractivity contribution is 5.88. The monoisotopic (exact) mass is 559 g/mol. The molecule has 0 unspecified atom stereocenters. The number of carbonyl (C=O) groups excluding carboxylic acids is 2. The molecule has 2 aliphatic rings. The number of fused-ring (bicyclic) bond motifs is 1. The van der Waals surface area contributed by atoms with Crippen molar-refractivity contribution in [3.63, 3.8) is 0 Å². The molecule has 2 fully saturated rings. The van der Waals surface area contributed by atoms with Crippen LogP contribution in [-0.4, -0.2) is 59.7 Å². The molecule has 1 N–H and O–H groups in total. The fourth-order valence-corrected chi connectivity index (χ4v) is 5.38. The first-order chi connectivity index (χ1) is 19.6. The molecule has 1 aliphatic carbocycles. The molecule has 1 saturated carbocycles. The molecule has 214 valence electrons. The van der Waals surface area contributed by atoms with Crippen molar-refractivity contribution in [1.82, 2.24) is 29.0 Å². The number of nitrogens with zero attached hydrogens (tertiary/aromatic N) is 6. The Morgan fingerprint density at radius 1 is 1.00 bits per heavy atom. The van der Waals surface area contributed by atoms with E-state index in [-0.39, 0.29) is 23.9 Å². The predicted octanol–water partition coefficient (Wildman–Crippen LogP) is 5.81. The largest absolute Gasteiger partial charge is 0.444 e. The third-order valence-corrected chi connectivity index (χ3v) is 7.35. The lowest BCUT2D eigenvalue weighted by atomic mass is 10.0. The minimum atomic E-state index is -0.550. The Kier molecular flexibility index (Phi) is 6.75. The number of hydrogen-bond donors (Lipinski definition) is 1. The Hall–Kier alpha value is -4.28. The standard InChI is InChI=1S/C30H34FN7O3/c1-18(39)32-24-17-37-25(33-24)12-11-23(35-37)27-26(19-7-9-21(31)10-8-19)34-28(20-5-6-20)38(27)22-13-15-36(16-14-22)29(40)41-30(2,3)4/h7-12,17,20,22H,5-6,13-16H2,1-4H3,(H,32,39). The Labute approximate surface area is 237 Å². The van der Waals surface area contributed by atoms with Crippen LogP contribution in [0.15, 0.2) is 42.6 Å². The molecule has 1 aromatic carbocycles. The molecule has 10 nitrogen and oxygen atoms in total. The second kappa shape index (κ2) is 10.3. The van der Waals surface area contributed by atoms with Crippen LogP contribution >= 0.6 is 0 Å². The van der Waals surface area contributed by atoms with Gasteiger partial charge in [0.25, 0.3) is 0 Å². The SMILES string of the molecule is CC(=O)Nc1cn2nc(-c3c(-c4ccc(F)cc4)nc(C4CC4)n3C3CCN(C(=O)OC(C)(C)C)CC3)ccc2n1. The summed E-state index contributed by atoms with van der Waals surface area (Å²) in [5.41, 5.74) is 3.14. The average Bonchev–Trinajstić information content (AvgIpc) is 3.56. The zero-order chi connectivity index (χ0) is 28.9. The lowest BCUT2D eigenvalue weighted by molar-refractivity contribution is -0.114. The molecule has 4 aromatic rings. The van der Waals surface area contributed by atoms with Gasteiger partial charge in [0.2, 0.25) is 5.91 Å². The zero-order valence-corrected chi connectivity index (χ0v) is 23.7. The third-order valence-electron chi connectivity index (χ3n) is 7.35. The molecular formula is C30H34FN7O3. The number of aromatic nitrogens is 5. The van der Waals surface area contributed by atoms with Gasteiger partial charge < -0.3 is 19.5 Å². The number of halogens is 1. The second-order valence-corrected chi connectivity index (χ2v) is 11.8. The number of nitrogens with one attached hydrogen (secondary N) is 1. The quantitative estimate of drug-likeness (QED) is 0.331. The van der Waals surface area contributed by atoms with E-state index in [9.17, 15) is 14.0 Å². The van der Waals surface area contributed by atoms with E-state index in [4.69, 9.17) is 14.8 Å². The number of imidazole rings is 2. The molecule has 1 saturated heterocycles. The molecular weight excluding hydrogens is 525 g/mol. The van der Waals surface area contributed by atoms with Crippen LogP contribution in [0.4, 0.5) is 15.0 Å². The van der Waals surface area contributed by atoms with Crippen molar-refractivity contribution in [3.8, 4) is 22.6 Å². The summed E-state index contributed by atoms with van der Waals surface area (Å²) >= 11 is 0. The maximum Gasteiger partial charge on any atom is 0.410 e. The van der Waals surface area contributed by atoms with Crippen LogP contribution in [0.1, 0.15) is 71.2 Å². The molecule has 0 atom stereocenters. The van der Waals surface area contributed by atoms with Crippen LogP contribution in [0.2, 0.25) is 0 Å². The number of likely N-dealkylation sites (tertiary alicyclic amines) is 1. The lowest BCUT2D eigenvalue weighted by Gasteiger charge is -2.35. The molecule has 0 spiro atoms. The summed E-state index contributed by atoms with van der Waals surface area (Å²) in [5, 5.41) is 7.60. The number of anilines is 1. The second-order valence-electron chi connectivity index (χ2n) is 11.8. The van der Waals surface area contributed by atoms with Crippen molar-refractivity contribution in [2.75, 3.05) is 18.4 Å². The van der Waals surface area contributed by atoms with E-state index in [1.807, 2.05) is 32.9 Å². The van der Waals surface area contributed by atoms with Gasteiger partial charge in [-0.15, -0.1) is 0 Å². The summed E-state index contributed by atoms with van der Waals surface area (Å²) in [6.07, 6.45) is 4.99. The summed E-state index contributed by atoms with van der Waals surface area (Å²) in [5.74, 6) is 1.24. The molecule has 0 radical (unpaired) electrons. The highest BCUT2D eigenvalue weighted by Crippen LogP contribution is 2.46. The van der Waals surface area contributed by atoms with Crippen LogP contribution in [-0.2, 0) is 9.53 Å². The first kappa shape index (κ1) is 26.9. The summed E-state index contributed by atoms with van der Waals surface area (Å²) in [7, 11) is 0. The third kappa shape index (κ3) is 5.66. The van der Waals surface area contributed by atoms with Crippen LogP contribution in [0.25, 0.3) is 28.3 Å². The highest BCUT2D eigenvalue weighted by Gasteiger charge is 2.37. The smallest absolute Gasteiger partial charge is 0.410 e. The Morgan fingerprint density at radius 2 is 1.71 bits per heavy atom. The van der Waals surface area contributed by atoms with Crippen molar-refractivity contribution in [2.45, 2.75) is 70.9 Å². The highest BCUT2D eigenvalue weighted by atomic mass is 19.1. The van der Waals surface area contributed by atoms with Crippen LogP contribution in [0.5, 0.6) is 0 Å². The zero-order valence-electron chi connectivity index (χ0n) is 23.7. The topological polar surface area (TPSA) is 107 Å². The maximum absolute atomic E-state index is 13.9. The van der Waals surface area contributed by atoms with E-state index >= 15 is 0 Å². The van der Waals surface area contributed by atoms with Crippen molar-refractivity contribution in [2.24, 2.45) is 0 Å². The minimum Gasteiger partial charge on any atom is -0.444 e. The van der Waals surface area contributed by atoms with E-state index < -0.39 is 5.60 Å². The van der Waals surface area contributed by atoms with Crippen LogP contribution in [0.3, 0.4) is 0 Å². The van der Waals surface area contributed by atoms with Gasteiger partial charge in [-0.05, 0) is 82.9 Å². The number of benzene rings is 1.